The number of nitrogens with zero attached hydrogens (tertiary/aromatic N) is 4. The highest BCUT2D eigenvalue weighted by Crippen LogP contribution is 2.22. The predicted octanol–water partition coefficient (Wildman–Crippen LogP) is 2.67. The first-order valence-electron chi connectivity index (χ1n) is 7.37. The fourth-order valence-electron chi connectivity index (χ4n) is 2.34. The minimum Gasteiger partial charge on any atom is -0.378 e. The molecule has 1 N–H and O–H groups in total. The zero-order valence-corrected chi connectivity index (χ0v) is 13.4. The van der Waals surface area contributed by atoms with Crippen molar-refractivity contribution in [2.45, 2.75) is 13.0 Å². The zero-order valence-electron chi connectivity index (χ0n) is 12.7. The molecular formula is C15H17ClFN5O. The van der Waals surface area contributed by atoms with Crippen LogP contribution in [0.4, 0.5) is 16.2 Å². The predicted molar refractivity (Wildman–Crippen MR) is 86.3 cm³/mol. The number of morpholine rings is 1. The van der Waals surface area contributed by atoms with Gasteiger partial charge in [0.1, 0.15) is 16.8 Å². The van der Waals surface area contributed by atoms with Gasteiger partial charge < -0.3 is 15.0 Å². The fraction of sp³-hybridized carbons (Fsp3) is 0.400. The van der Waals surface area contributed by atoms with Gasteiger partial charge in [-0.2, -0.15) is 4.98 Å². The summed E-state index contributed by atoms with van der Waals surface area (Å²) < 4.78 is 18.3. The second kappa shape index (κ2) is 7.06. The molecule has 0 amide bonds. The zero-order chi connectivity index (χ0) is 16.2. The van der Waals surface area contributed by atoms with E-state index in [0.29, 0.717) is 30.0 Å². The smallest absolute Gasteiger partial charge is 0.226 e. The molecule has 1 aliphatic heterocycles. The molecule has 122 valence electrons. The van der Waals surface area contributed by atoms with Crippen molar-refractivity contribution in [2.75, 3.05) is 36.5 Å². The molecule has 6 nitrogen and oxygen atoms in total. The maximum Gasteiger partial charge on any atom is 0.226 e. The van der Waals surface area contributed by atoms with Crippen LogP contribution < -0.4 is 10.2 Å². The van der Waals surface area contributed by atoms with Gasteiger partial charge in [-0.25, -0.2) is 9.37 Å². The minimum atomic E-state index is -0.366. The van der Waals surface area contributed by atoms with Crippen molar-refractivity contribution < 1.29 is 9.13 Å². The van der Waals surface area contributed by atoms with Gasteiger partial charge in [0.15, 0.2) is 0 Å². The van der Waals surface area contributed by atoms with Crippen LogP contribution in [-0.2, 0) is 4.74 Å². The average molecular weight is 338 g/mol. The van der Waals surface area contributed by atoms with Crippen LogP contribution in [-0.4, -0.2) is 41.3 Å². The van der Waals surface area contributed by atoms with Crippen molar-refractivity contribution in [3.05, 3.63) is 41.1 Å². The molecule has 0 radical (unpaired) electrons. The normalized spacial score (nSPS) is 16.2. The van der Waals surface area contributed by atoms with Crippen LogP contribution in [0, 0.1) is 5.82 Å². The Hall–Kier alpha value is -1.99. The summed E-state index contributed by atoms with van der Waals surface area (Å²) in [7, 11) is 0. The lowest BCUT2D eigenvalue weighted by Crippen LogP contribution is -2.36. The summed E-state index contributed by atoms with van der Waals surface area (Å²) in [6, 6.07) is 4.56. The van der Waals surface area contributed by atoms with E-state index >= 15 is 0 Å². The molecule has 1 saturated heterocycles. The van der Waals surface area contributed by atoms with E-state index in [0.717, 1.165) is 18.9 Å². The van der Waals surface area contributed by atoms with Gasteiger partial charge in [0.25, 0.3) is 0 Å². The van der Waals surface area contributed by atoms with Gasteiger partial charge in [-0.1, -0.05) is 11.6 Å². The topological polar surface area (TPSA) is 63.2 Å². The first-order valence-corrected chi connectivity index (χ1v) is 7.75. The summed E-state index contributed by atoms with van der Waals surface area (Å²) in [5.74, 6) is 0.808. The molecule has 2 aromatic heterocycles. The molecule has 1 fully saturated rings. The van der Waals surface area contributed by atoms with Gasteiger partial charge in [-0.15, -0.1) is 0 Å². The van der Waals surface area contributed by atoms with Crippen molar-refractivity contribution in [2.24, 2.45) is 0 Å². The summed E-state index contributed by atoms with van der Waals surface area (Å²) >= 11 is 6.11. The van der Waals surface area contributed by atoms with Crippen molar-refractivity contribution in [3.63, 3.8) is 0 Å². The SMILES string of the molecule is CC(Nc1nc(Cl)cc(N2CCOCC2)n1)c1ccc(F)cn1. The Kier molecular flexibility index (Phi) is 4.88. The monoisotopic (exact) mass is 337 g/mol. The third-order valence-electron chi connectivity index (χ3n) is 3.56. The van der Waals surface area contributed by atoms with Crippen LogP contribution in [0.15, 0.2) is 24.4 Å². The Bertz CT molecular complexity index is 663. The van der Waals surface area contributed by atoms with E-state index in [9.17, 15) is 4.39 Å². The Morgan fingerprint density at radius 1 is 1.30 bits per heavy atom. The Balaban J connectivity index is 1.76. The molecule has 3 heterocycles. The highest BCUT2D eigenvalue weighted by atomic mass is 35.5. The summed E-state index contributed by atoms with van der Waals surface area (Å²) in [5, 5.41) is 3.51. The van der Waals surface area contributed by atoms with Crippen molar-refractivity contribution >= 4 is 23.4 Å². The highest BCUT2D eigenvalue weighted by Gasteiger charge is 2.16. The molecular weight excluding hydrogens is 321 g/mol. The van der Waals surface area contributed by atoms with E-state index in [-0.39, 0.29) is 11.9 Å². The summed E-state index contributed by atoms with van der Waals surface area (Å²) in [4.78, 5) is 14.9. The molecule has 8 heteroatoms. The second-order valence-electron chi connectivity index (χ2n) is 5.24. The Morgan fingerprint density at radius 2 is 2.09 bits per heavy atom. The highest BCUT2D eigenvalue weighted by molar-refractivity contribution is 6.29. The van der Waals surface area contributed by atoms with Gasteiger partial charge in [0.05, 0.1) is 31.1 Å². The molecule has 2 aromatic rings. The van der Waals surface area contributed by atoms with Gasteiger partial charge >= 0.3 is 0 Å². The molecule has 3 rings (SSSR count). The van der Waals surface area contributed by atoms with Crippen LogP contribution in [0.25, 0.3) is 0 Å². The van der Waals surface area contributed by atoms with Crippen molar-refractivity contribution in [1.29, 1.82) is 0 Å². The number of ether oxygens (including phenoxy) is 1. The molecule has 1 aliphatic rings. The molecule has 23 heavy (non-hydrogen) atoms. The summed E-state index contributed by atoms with van der Waals surface area (Å²) in [5.41, 5.74) is 0.697. The van der Waals surface area contributed by atoms with E-state index < -0.39 is 0 Å². The molecule has 0 aliphatic carbocycles. The quantitative estimate of drug-likeness (QED) is 0.865. The van der Waals surface area contributed by atoms with Crippen LogP contribution in [0.5, 0.6) is 0 Å². The van der Waals surface area contributed by atoms with Crippen LogP contribution in [0.3, 0.4) is 0 Å². The molecule has 0 bridgehead atoms. The molecule has 0 spiro atoms. The second-order valence-corrected chi connectivity index (χ2v) is 5.63. The fourth-order valence-corrected chi connectivity index (χ4v) is 2.51. The number of hydrogen-bond donors (Lipinski definition) is 1. The third-order valence-corrected chi connectivity index (χ3v) is 3.75. The van der Waals surface area contributed by atoms with E-state index in [1.807, 2.05) is 6.92 Å². The van der Waals surface area contributed by atoms with Crippen LogP contribution >= 0.6 is 11.6 Å². The third kappa shape index (κ3) is 4.05. The van der Waals surface area contributed by atoms with Crippen molar-refractivity contribution in [3.8, 4) is 0 Å². The minimum absolute atomic E-state index is 0.174. The lowest BCUT2D eigenvalue weighted by Gasteiger charge is -2.28. The largest absolute Gasteiger partial charge is 0.378 e. The van der Waals surface area contributed by atoms with Gasteiger partial charge in [0, 0.05) is 19.2 Å². The Morgan fingerprint density at radius 3 is 2.78 bits per heavy atom. The number of anilines is 2. The maximum atomic E-state index is 12.9. The van der Waals surface area contributed by atoms with E-state index in [1.165, 1.54) is 12.3 Å². The van der Waals surface area contributed by atoms with E-state index in [2.05, 4.69) is 25.2 Å². The van der Waals surface area contributed by atoms with E-state index in [1.54, 1.807) is 12.1 Å². The number of nitrogens with one attached hydrogen (secondary N) is 1. The van der Waals surface area contributed by atoms with Crippen molar-refractivity contribution in [1.82, 2.24) is 15.0 Å². The number of rotatable bonds is 4. The average Bonchev–Trinajstić information content (AvgIpc) is 2.55. The standard InChI is InChI=1S/C15H17ClFN5O/c1-10(12-3-2-11(17)9-18-12)19-15-20-13(16)8-14(21-15)22-4-6-23-7-5-22/h2-3,8-10H,4-7H2,1H3,(H,19,20,21). The van der Waals surface area contributed by atoms with Gasteiger partial charge in [0.2, 0.25) is 5.95 Å². The summed E-state index contributed by atoms with van der Waals surface area (Å²) in [6.45, 7) is 4.77. The summed E-state index contributed by atoms with van der Waals surface area (Å²) in [6.07, 6.45) is 1.19. The lowest BCUT2D eigenvalue weighted by molar-refractivity contribution is 0.122. The lowest BCUT2D eigenvalue weighted by atomic mass is 10.2. The van der Waals surface area contributed by atoms with E-state index in [4.69, 9.17) is 16.3 Å². The molecule has 0 aromatic carbocycles. The van der Waals surface area contributed by atoms with Gasteiger partial charge in [-0.05, 0) is 19.1 Å². The maximum absolute atomic E-state index is 12.9. The first-order chi connectivity index (χ1) is 11.1. The molecule has 1 unspecified atom stereocenters. The number of pyridine rings is 1. The van der Waals surface area contributed by atoms with Crippen LogP contribution in [0.2, 0.25) is 5.15 Å². The Labute approximate surface area is 138 Å². The number of aromatic nitrogens is 3. The number of halogens is 2. The number of hydrogen-bond acceptors (Lipinski definition) is 6. The first kappa shape index (κ1) is 15.9. The molecule has 0 saturated carbocycles. The molecule has 1 atom stereocenters. The van der Waals surface area contributed by atoms with Crippen LogP contribution in [0.1, 0.15) is 18.7 Å². The van der Waals surface area contributed by atoms with Gasteiger partial charge in [-0.3, -0.25) is 4.98 Å².